The van der Waals surface area contributed by atoms with E-state index in [2.05, 4.69) is 43.0 Å². The Hall–Kier alpha value is -3.59. The number of likely N-dealkylation sites (N-methyl/N-ethyl adjacent to an activating group) is 1. The summed E-state index contributed by atoms with van der Waals surface area (Å²) in [7, 11) is -2.19. The first-order valence-corrected chi connectivity index (χ1v) is 16.3. The normalized spacial score (nSPS) is 20.6. The lowest BCUT2D eigenvalue weighted by molar-refractivity contribution is 0.102. The first-order chi connectivity index (χ1) is 20.9. The van der Waals surface area contributed by atoms with E-state index >= 15 is 0 Å². The topological polar surface area (TPSA) is 126 Å². The standard InChI is InChI=1S/C30H38F2N8O3S/c1-30(2)27-25(18-40(30)44(42,43)23-14-19(31)13-20(32)15-23)28(37-36-27)35-29(41)24-7-6-22(39-11-9-38(3)10-12-39)16-26(24)34-17-21-5-4-8-33-21/h6-7,13-16,21,33-34H,4-5,8-12,17-18H2,1-3H3,(H2,35,36,37,41)/t21-/m0/s1. The molecule has 1 atom stereocenters. The van der Waals surface area contributed by atoms with E-state index in [0.717, 1.165) is 67.7 Å². The number of anilines is 3. The number of amides is 1. The van der Waals surface area contributed by atoms with Crippen LogP contribution in [0.4, 0.5) is 26.0 Å². The molecule has 6 rings (SSSR count). The molecule has 1 aromatic heterocycles. The van der Waals surface area contributed by atoms with Crippen LogP contribution in [-0.4, -0.2) is 86.1 Å². The van der Waals surface area contributed by atoms with Crippen LogP contribution in [0.2, 0.25) is 0 Å². The van der Waals surface area contributed by atoms with E-state index in [4.69, 9.17) is 0 Å². The Kier molecular flexibility index (Phi) is 8.11. The molecule has 2 fully saturated rings. The molecule has 0 spiro atoms. The Morgan fingerprint density at radius 1 is 1.09 bits per heavy atom. The van der Waals surface area contributed by atoms with Gasteiger partial charge in [-0.1, -0.05) is 0 Å². The Morgan fingerprint density at radius 2 is 1.82 bits per heavy atom. The van der Waals surface area contributed by atoms with Crippen molar-refractivity contribution < 1.29 is 22.0 Å². The minimum absolute atomic E-state index is 0.143. The maximum Gasteiger partial charge on any atom is 0.258 e. The van der Waals surface area contributed by atoms with Gasteiger partial charge < -0.3 is 25.8 Å². The third-order valence-electron chi connectivity index (χ3n) is 8.88. The summed E-state index contributed by atoms with van der Waals surface area (Å²) in [5, 5.41) is 17.0. The van der Waals surface area contributed by atoms with Crippen LogP contribution in [0, 0.1) is 11.6 Å². The van der Waals surface area contributed by atoms with E-state index in [1.54, 1.807) is 19.9 Å². The molecule has 11 nitrogen and oxygen atoms in total. The van der Waals surface area contributed by atoms with Crippen LogP contribution in [-0.2, 0) is 22.1 Å². The zero-order valence-corrected chi connectivity index (χ0v) is 25.9. The quantitative estimate of drug-likeness (QED) is 0.300. The number of carbonyl (C=O) groups excluding carboxylic acids is 1. The van der Waals surface area contributed by atoms with Crippen LogP contribution >= 0.6 is 0 Å². The summed E-state index contributed by atoms with van der Waals surface area (Å²) in [6.45, 7) is 8.55. The van der Waals surface area contributed by atoms with E-state index in [1.807, 2.05) is 12.1 Å². The Morgan fingerprint density at radius 3 is 2.50 bits per heavy atom. The highest BCUT2D eigenvalue weighted by Crippen LogP contribution is 2.44. The fraction of sp³-hybridized carbons (Fsp3) is 0.467. The third kappa shape index (κ3) is 5.78. The van der Waals surface area contributed by atoms with Gasteiger partial charge in [0.1, 0.15) is 11.6 Å². The Balaban J connectivity index is 1.25. The molecule has 2 aromatic carbocycles. The van der Waals surface area contributed by atoms with Crippen LogP contribution in [0.15, 0.2) is 41.3 Å². The number of hydrogen-bond acceptors (Lipinski definition) is 8. The van der Waals surface area contributed by atoms with Gasteiger partial charge in [-0.3, -0.25) is 9.89 Å². The number of aromatic amines is 1. The molecule has 0 aliphatic carbocycles. The minimum Gasteiger partial charge on any atom is -0.383 e. The van der Waals surface area contributed by atoms with Gasteiger partial charge in [-0.15, -0.1) is 0 Å². The molecule has 3 aliphatic heterocycles. The number of benzene rings is 2. The van der Waals surface area contributed by atoms with Crippen LogP contribution in [0.3, 0.4) is 0 Å². The molecule has 2 saturated heterocycles. The van der Waals surface area contributed by atoms with Crippen molar-refractivity contribution in [3.8, 4) is 0 Å². The summed E-state index contributed by atoms with van der Waals surface area (Å²) in [6, 6.07) is 8.30. The first kappa shape index (κ1) is 30.4. The van der Waals surface area contributed by atoms with Crippen molar-refractivity contribution in [2.24, 2.45) is 0 Å². The molecule has 4 heterocycles. The van der Waals surface area contributed by atoms with Gasteiger partial charge in [0, 0.05) is 68.3 Å². The van der Waals surface area contributed by atoms with Crippen LogP contribution in [0.5, 0.6) is 0 Å². The number of piperazine rings is 1. The van der Waals surface area contributed by atoms with Crippen molar-refractivity contribution in [1.29, 1.82) is 0 Å². The molecule has 14 heteroatoms. The zero-order valence-electron chi connectivity index (χ0n) is 25.1. The number of sulfonamides is 1. The number of fused-ring (bicyclic) bond motifs is 1. The monoisotopic (exact) mass is 628 g/mol. The molecular formula is C30H38F2N8O3S. The fourth-order valence-electron chi connectivity index (χ4n) is 6.26. The summed E-state index contributed by atoms with van der Waals surface area (Å²) in [5.41, 5.74) is 2.03. The first-order valence-electron chi connectivity index (χ1n) is 14.9. The average Bonchev–Trinajstić information content (AvgIpc) is 3.70. The van der Waals surface area contributed by atoms with Crippen LogP contribution in [0.25, 0.3) is 0 Å². The van der Waals surface area contributed by atoms with Gasteiger partial charge in [0.25, 0.3) is 5.91 Å². The van der Waals surface area contributed by atoms with E-state index in [1.165, 1.54) is 0 Å². The van der Waals surface area contributed by atoms with Crippen LogP contribution in [0.1, 0.15) is 48.3 Å². The molecule has 1 amide bonds. The Labute approximate surface area is 256 Å². The van der Waals surface area contributed by atoms with E-state index in [0.29, 0.717) is 41.2 Å². The van der Waals surface area contributed by atoms with Gasteiger partial charge in [-0.25, -0.2) is 17.2 Å². The van der Waals surface area contributed by atoms with Crippen molar-refractivity contribution in [2.45, 2.75) is 49.7 Å². The summed E-state index contributed by atoms with van der Waals surface area (Å²) in [4.78, 5) is 17.8. The van der Waals surface area contributed by atoms with Gasteiger partial charge >= 0.3 is 0 Å². The van der Waals surface area contributed by atoms with E-state index in [-0.39, 0.29) is 12.4 Å². The highest BCUT2D eigenvalue weighted by Gasteiger charge is 2.48. The molecule has 3 aliphatic rings. The summed E-state index contributed by atoms with van der Waals surface area (Å²) in [6.07, 6.45) is 2.17. The van der Waals surface area contributed by atoms with Gasteiger partial charge in [-0.05, 0) is 70.6 Å². The van der Waals surface area contributed by atoms with E-state index < -0.39 is 38.0 Å². The van der Waals surface area contributed by atoms with Crippen molar-refractivity contribution >= 4 is 33.1 Å². The smallest absolute Gasteiger partial charge is 0.258 e. The third-order valence-corrected chi connectivity index (χ3v) is 10.9. The largest absolute Gasteiger partial charge is 0.383 e. The molecular weight excluding hydrogens is 590 g/mol. The number of aromatic nitrogens is 2. The van der Waals surface area contributed by atoms with Crippen molar-refractivity contribution in [1.82, 2.24) is 24.7 Å². The molecule has 0 radical (unpaired) electrons. The maximum absolute atomic E-state index is 13.9. The molecule has 4 N–H and O–H groups in total. The second-order valence-electron chi connectivity index (χ2n) is 12.3. The van der Waals surface area contributed by atoms with Crippen LogP contribution < -0.4 is 20.9 Å². The average molecular weight is 629 g/mol. The van der Waals surface area contributed by atoms with Crippen molar-refractivity contribution in [2.75, 3.05) is 61.8 Å². The Bertz CT molecular complexity index is 1640. The lowest BCUT2D eigenvalue weighted by atomic mass is 10.0. The molecule has 236 valence electrons. The number of carbonyl (C=O) groups is 1. The highest BCUT2D eigenvalue weighted by molar-refractivity contribution is 7.89. The molecule has 44 heavy (non-hydrogen) atoms. The van der Waals surface area contributed by atoms with Gasteiger partial charge in [0.05, 0.1) is 21.7 Å². The summed E-state index contributed by atoms with van der Waals surface area (Å²) < 4.78 is 56.1. The second-order valence-corrected chi connectivity index (χ2v) is 14.1. The summed E-state index contributed by atoms with van der Waals surface area (Å²) >= 11 is 0. The number of nitrogens with zero attached hydrogens (tertiary/aromatic N) is 4. The molecule has 0 bridgehead atoms. The highest BCUT2D eigenvalue weighted by atomic mass is 32.2. The lowest BCUT2D eigenvalue weighted by Crippen LogP contribution is -2.44. The maximum atomic E-state index is 13.9. The number of H-pyrrole nitrogens is 1. The lowest BCUT2D eigenvalue weighted by Gasteiger charge is -2.34. The zero-order chi connectivity index (χ0) is 31.2. The van der Waals surface area contributed by atoms with Gasteiger partial charge in [0.15, 0.2) is 5.82 Å². The van der Waals surface area contributed by atoms with Gasteiger partial charge in [-0.2, -0.15) is 9.40 Å². The number of hydrogen-bond donors (Lipinski definition) is 4. The van der Waals surface area contributed by atoms with Crippen molar-refractivity contribution in [3.05, 3.63) is 64.9 Å². The molecule has 3 aromatic rings. The molecule has 0 unspecified atom stereocenters. The summed E-state index contributed by atoms with van der Waals surface area (Å²) in [5.74, 6) is -2.16. The number of nitrogens with one attached hydrogen (secondary N) is 4. The van der Waals surface area contributed by atoms with E-state index in [9.17, 15) is 22.0 Å². The number of halogens is 2. The van der Waals surface area contributed by atoms with Gasteiger partial charge in [0.2, 0.25) is 10.0 Å². The predicted molar refractivity (Wildman–Crippen MR) is 164 cm³/mol. The molecule has 0 saturated carbocycles. The second kappa shape index (κ2) is 11.7. The predicted octanol–water partition coefficient (Wildman–Crippen LogP) is 3.30. The fourth-order valence-corrected chi connectivity index (χ4v) is 8.03. The van der Waals surface area contributed by atoms with Crippen molar-refractivity contribution in [3.63, 3.8) is 0 Å². The number of rotatable bonds is 8. The SMILES string of the molecule is CN1CCN(c2ccc(C(=O)Nc3n[nH]c4c3CN(S(=O)(=O)c3cc(F)cc(F)c3)C4(C)C)c(NC[C@@H]3CCCN3)c2)CC1. The minimum atomic E-state index is -4.30.